The molecule has 0 aliphatic carbocycles. The lowest BCUT2D eigenvalue weighted by Gasteiger charge is -2.28. The highest BCUT2D eigenvalue weighted by molar-refractivity contribution is 5.28. The van der Waals surface area contributed by atoms with Gasteiger partial charge >= 0.3 is 0 Å². The van der Waals surface area contributed by atoms with Crippen molar-refractivity contribution in [3.63, 3.8) is 0 Å². The Morgan fingerprint density at radius 3 is 2.65 bits per heavy atom. The molecule has 0 amide bonds. The van der Waals surface area contributed by atoms with Gasteiger partial charge in [0.2, 0.25) is 0 Å². The van der Waals surface area contributed by atoms with Gasteiger partial charge in [-0.2, -0.15) is 5.10 Å². The molecule has 0 unspecified atom stereocenters. The quantitative estimate of drug-likeness (QED) is 0.871. The van der Waals surface area contributed by atoms with Gasteiger partial charge in [-0.3, -0.25) is 4.68 Å². The van der Waals surface area contributed by atoms with E-state index in [9.17, 15) is 0 Å². The van der Waals surface area contributed by atoms with E-state index >= 15 is 0 Å². The third-order valence-corrected chi connectivity index (χ3v) is 3.76. The summed E-state index contributed by atoms with van der Waals surface area (Å²) >= 11 is 0. The van der Waals surface area contributed by atoms with Crippen molar-refractivity contribution in [2.24, 2.45) is 7.05 Å². The molecule has 1 N–H and O–H groups in total. The molecule has 1 aromatic heterocycles. The average Bonchev–Trinajstić information content (AvgIpc) is 2.73. The number of aryl methyl sites for hydroxylation is 1. The van der Waals surface area contributed by atoms with E-state index in [4.69, 9.17) is 4.74 Å². The second-order valence-corrected chi connectivity index (χ2v) is 5.36. The third-order valence-electron chi connectivity index (χ3n) is 3.76. The second kappa shape index (κ2) is 4.78. The van der Waals surface area contributed by atoms with Crippen molar-refractivity contribution in [2.45, 2.75) is 38.1 Å². The monoisotopic (exact) mass is 237 g/mol. The van der Waals surface area contributed by atoms with Crippen LogP contribution in [0.2, 0.25) is 0 Å². The minimum absolute atomic E-state index is 0.0259. The highest BCUT2D eigenvalue weighted by Gasteiger charge is 2.29. The molecule has 1 aliphatic heterocycles. The van der Waals surface area contributed by atoms with Gasteiger partial charge in [0.05, 0.1) is 5.69 Å². The predicted octanol–water partition coefficient (Wildman–Crippen LogP) is 1.77. The Hall–Kier alpha value is -0.870. The van der Waals surface area contributed by atoms with Gasteiger partial charge in [0.15, 0.2) is 0 Å². The SMILES string of the molecule is CNC(C)(C)c1cn(C)nc1C1CCOCC1. The van der Waals surface area contributed by atoms with E-state index in [1.54, 1.807) is 0 Å². The molecule has 17 heavy (non-hydrogen) atoms. The number of aromatic nitrogens is 2. The Morgan fingerprint density at radius 1 is 1.41 bits per heavy atom. The zero-order valence-electron chi connectivity index (χ0n) is 11.3. The van der Waals surface area contributed by atoms with Crippen LogP contribution in [-0.4, -0.2) is 30.0 Å². The third kappa shape index (κ3) is 2.53. The molecule has 1 fully saturated rings. The van der Waals surface area contributed by atoms with Crippen molar-refractivity contribution in [1.29, 1.82) is 0 Å². The lowest BCUT2D eigenvalue weighted by atomic mass is 9.87. The standard InChI is InChI=1S/C13H23N3O/c1-13(2,14-3)11-9-16(4)15-12(11)10-5-7-17-8-6-10/h9-10,14H,5-8H2,1-4H3. The largest absolute Gasteiger partial charge is 0.381 e. The molecular weight excluding hydrogens is 214 g/mol. The van der Waals surface area contributed by atoms with Gasteiger partial charge in [0, 0.05) is 43.5 Å². The van der Waals surface area contributed by atoms with Gasteiger partial charge in [-0.25, -0.2) is 0 Å². The molecule has 0 aromatic carbocycles. The van der Waals surface area contributed by atoms with Gasteiger partial charge in [-0.15, -0.1) is 0 Å². The fourth-order valence-electron chi connectivity index (χ4n) is 2.39. The molecule has 1 aromatic rings. The first kappa shape index (κ1) is 12.6. The predicted molar refractivity (Wildman–Crippen MR) is 68.1 cm³/mol. The summed E-state index contributed by atoms with van der Waals surface area (Å²) in [6.07, 6.45) is 4.31. The van der Waals surface area contributed by atoms with E-state index in [0.29, 0.717) is 5.92 Å². The Labute approximate surface area is 103 Å². The van der Waals surface area contributed by atoms with Crippen molar-refractivity contribution in [1.82, 2.24) is 15.1 Å². The maximum absolute atomic E-state index is 5.43. The first-order valence-corrected chi connectivity index (χ1v) is 6.35. The number of ether oxygens (including phenoxy) is 1. The highest BCUT2D eigenvalue weighted by atomic mass is 16.5. The van der Waals surface area contributed by atoms with Gasteiger partial charge in [-0.05, 0) is 33.7 Å². The van der Waals surface area contributed by atoms with Crippen LogP contribution in [-0.2, 0) is 17.3 Å². The summed E-state index contributed by atoms with van der Waals surface area (Å²) in [5, 5.41) is 8.04. The van der Waals surface area contributed by atoms with Crippen LogP contribution >= 0.6 is 0 Å². The van der Waals surface area contributed by atoms with Crippen molar-refractivity contribution in [3.8, 4) is 0 Å². The normalized spacial score (nSPS) is 18.6. The van der Waals surface area contributed by atoms with E-state index in [1.807, 2.05) is 18.8 Å². The fourth-order valence-corrected chi connectivity index (χ4v) is 2.39. The Kier molecular flexibility index (Phi) is 3.54. The molecule has 0 spiro atoms. The molecule has 4 nitrogen and oxygen atoms in total. The van der Waals surface area contributed by atoms with Crippen molar-refractivity contribution >= 4 is 0 Å². The van der Waals surface area contributed by atoms with Crippen molar-refractivity contribution in [3.05, 3.63) is 17.5 Å². The molecule has 0 saturated carbocycles. The van der Waals surface area contributed by atoms with Gasteiger partial charge in [0.25, 0.3) is 0 Å². The maximum Gasteiger partial charge on any atom is 0.0707 e. The summed E-state index contributed by atoms with van der Waals surface area (Å²) in [6.45, 7) is 6.13. The van der Waals surface area contributed by atoms with Crippen LogP contribution in [0.1, 0.15) is 43.9 Å². The summed E-state index contributed by atoms with van der Waals surface area (Å²) in [4.78, 5) is 0. The fraction of sp³-hybridized carbons (Fsp3) is 0.769. The van der Waals surface area contributed by atoms with Crippen LogP contribution in [0.5, 0.6) is 0 Å². The lowest BCUT2D eigenvalue weighted by Crippen LogP contribution is -2.34. The molecule has 1 aliphatic rings. The lowest BCUT2D eigenvalue weighted by molar-refractivity contribution is 0.0839. The van der Waals surface area contributed by atoms with E-state index in [-0.39, 0.29) is 5.54 Å². The molecule has 0 atom stereocenters. The van der Waals surface area contributed by atoms with Crippen LogP contribution in [0.15, 0.2) is 6.20 Å². The Balaban J connectivity index is 2.32. The second-order valence-electron chi connectivity index (χ2n) is 5.36. The summed E-state index contributed by atoms with van der Waals surface area (Å²) in [5.74, 6) is 0.549. The number of rotatable bonds is 3. The van der Waals surface area contributed by atoms with Crippen LogP contribution in [0.4, 0.5) is 0 Å². The van der Waals surface area contributed by atoms with Gasteiger partial charge in [-0.1, -0.05) is 0 Å². The van der Waals surface area contributed by atoms with E-state index in [1.165, 1.54) is 11.3 Å². The highest BCUT2D eigenvalue weighted by Crippen LogP contribution is 2.33. The first-order chi connectivity index (χ1) is 8.04. The van der Waals surface area contributed by atoms with E-state index in [2.05, 4.69) is 30.5 Å². The van der Waals surface area contributed by atoms with Crippen LogP contribution in [0.3, 0.4) is 0 Å². The number of nitrogens with zero attached hydrogens (tertiary/aromatic N) is 2. The van der Waals surface area contributed by atoms with Crippen molar-refractivity contribution in [2.75, 3.05) is 20.3 Å². The molecule has 2 heterocycles. The van der Waals surface area contributed by atoms with Crippen molar-refractivity contribution < 1.29 is 4.74 Å². The minimum atomic E-state index is -0.0259. The maximum atomic E-state index is 5.43. The number of nitrogens with one attached hydrogen (secondary N) is 1. The van der Waals surface area contributed by atoms with Crippen LogP contribution in [0, 0.1) is 0 Å². The topological polar surface area (TPSA) is 39.1 Å². The summed E-state index contributed by atoms with van der Waals surface area (Å²) in [7, 11) is 4.00. The van der Waals surface area contributed by atoms with Gasteiger partial charge < -0.3 is 10.1 Å². The molecule has 96 valence electrons. The van der Waals surface area contributed by atoms with E-state index in [0.717, 1.165) is 26.1 Å². The molecular formula is C13H23N3O. The van der Waals surface area contributed by atoms with Gasteiger partial charge in [0.1, 0.15) is 0 Å². The number of hydrogen-bond donors (Lipinski definition) is 1. The molecule has 4 heteroatoms. The van der Waals surface area contributed by atoms with Crippen LogP contribution < -0.4 is 5.32 Å². The smallest absolute Gasteiger partial charge is 0.0707 e. The molecule has 0 radical (unpaired) electrons. The first-order valence-electron chi connectivity index (χ1n) is 6.35. The summed E-state index contributed by atoms with van der Waals surface area (Å²) in [6, 6.07) is 0. The molecule has 1 saturated heterocycles. The zero-order chi connectivity index (χ0) is 12.5. The molecule has 2 rings (SSSR count). The van der Waals surface area contributed by atoms with E-state index < -0.39 is 0 Å². The summed E-state index contributed by atoms with van der Waals surface area (Å²) < 4.78 is 7.36. The number of hydrogen-bond acceptors (Lipinski definition) is 3. The average molecular weight is 237 g/mol. The molecule has 0 bridgehead atoms. The Bertz CT molecular complexity index is 378. The Morgan fingerprint density at radius 2 is 2.06 bits per heavy atom. The van der Waals surface area contributed by atoms with Crippen LogP contribution in [0.25, 0.3) is 0 Å². The zero-order valence-corrected chi connectivity index (χ0v) is 11.3. The minimum Gasteiger partial charge on any atom is -0.381 e. The summed E-state index contributed by atoms with van der Waals surface area (Å²) in [5.41, 5.74) is 2.53.